The molecule has 2 aromatic rings. The maximum Gasteiger partial charge on any atom is 0.299 e. The van der Waals surface area contributed by atoms with Gasteiger partial charge in [0.2, 0.25) is 0 Å². The zero-order chi connectivity index (χ0) is 13.6. The van der Waals surface area contributed by atoms with Crippen LogP contribution in [0.2, 0.25) is 5.02 Å². The van der Waals surface area contributed by atoms with Gasteiger partial charge in [-0.15, -0.1) is 0 Å². The van der Waals surface area contributed by atoms with E-state index in [0.717, 1.165) is 5.69 Å². The minimum absolute atomic E-state index is 0.300. The fourth-order valence-electron chi connectivity index (χ4n) is 2.12. The summed E-state index contributed by atoms with van der Waals surface area (Å²) in [6.07, 6.45) is 3.32. The van der Waals surface area contributed by atoms with Gasteiger partial charge in [0.1, 0.15) is 0 Å². The van der Waals surface area contributed by atoms with E-state index < -0.39 is 11.7 Å². The van der Waals surface area contributed by atoms with Gasteiger partial charge in [0.05, 0.1) is 29.8 Å². The van der Waals surface area contributed by atoms with Crippen molar-refractivity contribution in [3.8, 4) is 0 Å². The Bertz CT molecular complexity index is 693. The van der Waals surface area contributed by atoms with Crippen LogP contribution in [0.3, 0.4) is 0 Å². The van der Waals surface area contributed by atoms with Crippen LogP contribution >= 0.6 is 11.6 Å². The number of aryl methyl sites for hydroxylation is 1. The molecule has 0 bridgehead atoms. The molecule has 1 aliphatic rings. The molecular weight excluding hydrogens is 266 g/mol. The van der Waals surface area contributed by atoms with E-state index in [0.29, 0.717) is 22.8 Å². The summed E-state index contributed by atoms with van der Waals surface area (Å²) in [6, 6.07) is 4.83. The van der Waals surface area contributed by atoms with E-state index in [1.54, 1.807) is 35.3 Å². The minimum Gasteiger partial charge on any atom is -0.336 e. The maximum atomic E-state index is 12.0. The quantitative estimate of drug-likeness (QED) is 0.786. The van der Waals surface area contributed by atoms with Gasteiger partial charge in [-0.2, -0.15) is 0 Å². The highest BCUT2D eigenvalue weighted by Gasteiger charge is 2.36. The van der Waals surface area contributed by atoms with E-state index in [9.17, 15) is 9.59 Å². The lowest BCUT2D eigenvalue weighted by molar-refractivity contribution is -0.114. The second-order valence-electron chi connectivity index (χ2n) is 4.38. The lowest BCUT2D eigenvalue weighted by atomic mass is 10.1. The van der Waals surface area contributed by atoms with Crippen LogP contribution in [0, 0.1) is 0 Å². The minimum atomic E-state index is -0.529. The van der Waals surface area contributed by atoms with E-state index >= 15 is 0 Å². The summed E-state index contributed by atoms with van der Waals surface area (Å²) in [7, 11) is 1.84. The Morgan fingerprint density at radius 2 is 2.11 bits per heavy atom. The lowest BCUT2D eigenvalue weighted by Crippen LogP contribution is -2.29. The van der Waals surface area contributed by atoms with Crippen molar-refractivity contribution < 1.29 is 9.59 Å². The van der Waals surface area contributed by atoms with Crippen molar-refractivity contribution in [2.45, 2.75) is 6.54 Å². The SMILES string of the molecule is Cn1cncc1CN1C(=O)C(=O)c2ccc(Cl)cc21. The molecule has 5 nitrogen and oxygen atoms in total. The number of fused-ring (bicyclic) bond motifs is 1. The third-order valence-electron chi connectivity index (χ3n) is 3.17. The predicted octanol–water partition coefficient (Wildman–Crippen LogP) is 1.80. The molecule has 0 saturated carbocycles. The number of halogens is 1. The fourth-order valence-corrected chi connectivity index (χ4v) is 2.29. The molecule has 6 heteroatoms. The molecule has 0 aliphatic carbocycles. The highest BCUT2D eigenvalue weighted by Crippen LogP contribution is 2.32. The zero-order valence-corrected chi connectivity index (χ0v) is 10.9. The van der Waals surface area contributed by atoms with E-state index in [2.05, 4.69) is 4.98 Å². The Kier molecular flexibility index (Phi) is 2.64. The summed E-state index contributed by atoms with van der Waals surface area (Å²) in [6.45, 7) is 0.300. The number of rotatable bonds is 2. The van der Waals surface area contributed by atoms with E-state index in [1.165, 1.54) is 4.90 Å². The number of imidazole rings is 1. The molecule has 1 aromatic carbocycles. The largest absolute Gasteiger partial charge is 0.336 e. The Morgan fingerprint density at radius 1 is 1.32 bits per heavy atom. The van der Waals surface area contributed by atoms with Gasteiger partial charge in [-0.1, -0.05) is 11.6 Å². The molecule has 0 N–H and O–H groups in total. The summed E-state index contributed by atoms with van der Waals surface area (Å²) in [5.74, 6) is -1.02. The van der Waals surface area contributed by atoms with Crippen molar-refractivity contribution in [1.29, 1.82) is 0 Å². The van der Waals surface area contributed by atoms with E-state index in [1.807, 2.05) is 7.05 Å². The molecule has 0 radical (unpaired) electrons. The van der Waals surface area contributed by atoms with Crippen molar-refractivity contribution in [3.05, 3.63) is 47.0 Å². The van der Waals surface area contributed by atoms with Crippen LogP contribution in [0.4, 0.5) is 5.69 Å². The Morgan fingerprint density at radius 3 is 2.79 bits per heavy atom. The Hall–Kier alpha value is -2.14. The first-order valence-corrected chi connectivity index (χ1v) is 6.06. The highest BCUT2D eigenvalue weighted by atomic mass is 35.5. The molecule has 0 spiro atoms. The van der Waals surface area contributed by atoms with Crippen molar-refractivity contribution in [3.63, 3.8) is 0 Å². The average Bonchev–Trinajstić information content (AvgIpc) is 2.88. The normalized spacial score (nSPS) is 14.1. The van der Waals surface area contributed by atoms with Gasteiger partial charge in [-0.3, -0.25) is 14.5 Å². The third kappa shape index (κ3) is 1.82. The number of amides is 1. The fraction of sp³-hybridized carbons (Fsp3) is 0.154. The van der Waals surface area contributed by atoms with Gasteiger partial charge in [0.25, 0.3) is 11.7 Å². The second-order valence-corrected chi connectivity index (χ2v) is 4.81. The molecule has 3 rings (SSSR count). The highest BCUT2D eigenvalue weighted by molar-refractivity contribution is 6.52. The van der Waals surface area contributed by atoms with Crippen molar-refractivity contribution >= 4 is 29.0 Å². The van der Waals surface area contributed by atoms with Crippen molar-refractivity contribution in [2.24, 2.45) is 7.05 Å². The number of anilines is 1. The molecule has 1 aromatic heterocycles. The number of hydrogen-bond donors (Lipinski definition) is 0. The molecule has 2 heterocycles. The molecule has 0 atom stereocenters. The van der Waals surface area contributed by atoms with Gasteiger partial charge in [-0.05, 0) is 18.2 Å². The number of hydrogen-bond acceptors (Lipinski definition) is 3. The van der Waals surface area contributed by atoms with Crippen LogP contribution in [-0.4, -0.2) is 21.2 Å². The molecule has 0 unspecified atom stereocenters. The van der Waals surface area contributed by atoms with Gasteiger partial charge >= 0.3 is 0 Å². The number of benzene rings is 1. The number of ketones is 1. The number of nitrogens with zero attached hydrogens (tertiary/aromatic N) is 3. The van der Waals surface area contributed by atoms with Gasteiger partial charge in [-0.25, -0.2) is 4.98 Å². The predicted molar refractivity (Wildman–Crippen MR) is 70.2 cm³/mol. The Labute approximate surface area is 114 Å². The van der Waals surface area contributed by atoms with Gasteiger partial charge in [0.15, 0.2) is 0 Å². The summed E-state index contributed by atoms with van der Waals surface area (Å²) in [4.78, 5) is 29.3. The van der Waals surface area contributed by atoms with Crippen LogP contribution in [-0.2, 0) is 18.4 Å². The topological polar surface area (TPSA) is 55.2 Å². The van der Waals surface area contributed by atoms with E-state index in [4.69, 9.17) is 11.6 Å². The number of Topliss-reactive ketones (excluding diaryl/α,β-unsaturated/α-hetero) is 1. The smallest absolute Gasteiger partial charge is 0.299 e. The van der Waals surface area contributed by atoms with E-state index in [-0.39, 0.29) is 0 Å². The summed E-state index contributed by atoms with van der Waals surface area (Å²) in [5.41, 5.74) is 1.80. The standard InChI is InChI=1S/C13H10ClN3O2/c1-16-7-15-5-9(16)6-17-11-4-8(14)2-3-10(11)12(18)13(17)19/h2-5,7H,6H2,1H3. The monoisotopic (exact) mass is 275 g/mol. The van der Waals surface area contributed by atoms with Gasteiger partial charge < -0.3 is 4.57 Å². The molecule has 1 aliphatic heterocycles. The second kappa shape index (κ2) is 4.20. The van der Waals surface area contributed by atoms with Gasteiger partial charge in [0, 0.05) is 18.3 Å². The Balaban J connectivity index is 2.04. The molecule has 1 amide bonds. The summed E-state index contributed by atoms with van der Waals surface area (Å²) >= 11 is 5.93. The zero-order valence-electron chi connectivity index (χ0n) is 10.1. The average molecular weight is 276 g/mol. The molecule has 96 valence electrons. The summed E-state index contributed by atoms with van der Waals surface area (Å²) < 4.78 is 1.81. The first kappa shape index (κ1) is 11.9. The number of aromatic nitrogens is 2. The molecule has 0 saturated heterocycles. The number of carbonyl (C=O) groups excluding carboxylic acids is 2. The molecular formula is C13H10ClN3O2. The van der Waals surface area contributed by atoms with Crippen molar-refractivity contribution in [1.82, 2.24) is 9.55 Å². The van der Waals surface area contributed by atoms with Crippen LogP contribution in [0.25, 0.3) is 0 Å². The van der Waals surface area contributed by atoms with Crippen molar-refractivity contribution in [2.75, 3.05) is 4.90 Å². The van der Waals surface area contributed by atoms with Crippen LogP contribution in [0.15, 0.2) is 30.7 Å². The number of carbonyl (C=O) groups is 2. The first-order chi connectivity index (χ1) is 9.08. The maximum absolute atomic E-state index is 12.0. The molecule has 0 fully saturated rings. The van der Waals surface area contributed by atoms with Crippen LogP contribution in [0.1, 0.15) is 16.1 Å². The first-order valence-electron chi connectivity index (χ1n) is 5.69. The third-order valence-corrected chi connectivity index (χ3v) is 3.41. The van der Waals surface area contributed by atoms with Crippen LogP contribution < -0.4 is 4.90 Å². The lowest BCUT2D eigenvalue weighted by Gasteiger charge is -2.16. The van der Waals surface area contributed by atoms with Crippen LogP contribution in [0.5, 0.6) is 0 Å². The summed E-state index contributed by atoms with van der Waals surface area (Å²) in [5, 5.41) is 0.497. The molecule has 19 heavy (non-hydrogen) atoms.